The Morgan fingerprint density at radius 1 is 0.880 bits per heavy atom. The van der Waals surface area contributed by atoms with Crippen LogP contribution in [0.25, 0.3) is 5.57 Å². The molecule has 0 aliphatic heterocycles. The van der Waals surface area contributed by atoms with Crippen LogP contribution >= 0.6 is 23.2 Å². The zero-order chi connectivity index (χ0) is 18.2. The molecule has 0 radical (unpaired) electrons. The predicted octanol–water partition coefficient (Wildman–Crippen LogP) is 5.85. The minimum Gasteiger partial charge on any atom is -0.340 e. The Kier molecular flexibility index (Phi) is 7.30. The van der Waals surface area contributed by atoms with Crippen LogP contribution in [0.2, 0.25) is 10.0 Å². The highest BCUT2D eigenvalue weighted by molar-refractivity contribution is 6.31. The topological polar surface area (TPSA) is 20.3 Å². The zero-order valence-electron chi connectivity index (χ0n) is 14.4. The zero-order valence-corrected chi connectivity index (χ0v) is 15.9. The van der Waals surface area contributed by atoms with Gasteiger partial charge in [0, 0.05) is 29.2 Å². The van der Waals surface area contributed by atoms with Crippen molar-refractivity contribution in [2.75, 3.05) is 13.1 Å². The Morgan fingerprint density at radius 2 is 1.32 bits per heavy atom. The van der Waals surface area contributed by atoms with Gasteiger partial charge in [0.2, 0.25) is 5.91 Å². The van der Waals surface area contributed by atoms with Crippen molar-refractivity contribution in [3.8, 4) is 0 Å². The molecule has 2 aromatic rings. The molecule has 0 aliphatic carbocycles. The smallest absolute Gasteiger partial charge is 0.246 e. The summed E-state index contributed by atoms with van der Waals surface area (Å²) < 4.78 is 0. The van der Waals surface area contributed by atoms with Crippen LogP contribution in [0, 0.1) is 0 Å². The number of hydrogen-bond donors (Lipinski definition) is 0. The maximum Gasteiger partial charge on any atom is 0.246 e. The minimum absolute atomic E-state index is 0.00723. The van der Waals surface area contributed by atoms with E-state index in [1.54, 1.807) is 17.1 Å². The molecule has 0 N–H and O–H groups in total. The first-order chi connectivity index (χ1) is 12.0. The van der Waals surface area contributed by atoms with E-state index in [1.807, 2.05) is 68.5 Å². The second kappa shape index (κ2) is 9.45. The van der Waals surface area contributed by atoms with Gasteiger partial charge < -0.3 is 4.90 Å². The minimum atomic E-state index is 0.00723. The number of rotatable bonds is 6. The number of likely N-dealkylation sites (N-methyl/N-ethyl adjacent to an activating group) is 1. The van der Waals surface area contributed by atoms with E-state index < -0.39 is 0 Å². The molecule has 25 heavy (non-hydrogen) atoms. The molecule has 0 unspecified atom stereocenters. The number of nitrogens with zero attached hydrogens (tertiary/aromatic N) is 1. The number of amides is 1. The largest absolute Gasteiger partial charge is 0.340 e. The van der Waals surface area contributed by atoms with E-state index in [0.717, 1.165) is 16.7 Å². The van der Waals surface area contributed by atoms with Gasteiger partial charge in [0.05, 0.1) is 0 Å². The third-order valence-corrected chi connectivity index (χ3v) is 4.39. The van der Waals surface area contributed by atoms with Gasteiger partial charge in [-0.05, 0) is 54.8 Å². The number of allylic oxidation sites excluding steroid dienone is 2. The third kappa shape index (κ3) is 5.48. The summed E-state index contributed by atoms with van der Waals surface area (Å²) in [6.07, 6.45) is 5.33. The molecule has 0 fully saturated rings. The SMILES string of the molecule is CCN(CC)C(=O)/C=C/C=C(c1ccc(Cl)cc1)c1ccc(Cl)cc1. The number of carbonyl (C=O) groups is 1. The first-order valence-corrected chi connectivity index (χ1v) is 9.00. The lowest BCUT2D eigenvalue weighted by atomic mass is 9.97. The van der Waals surface area contributed by atoms with Crippen LogP contribution in [-0.4, -0.2) is 23.9 Å². The maximum atomic E-state index is 12.1. The summed E-state index contributed by atoms with van der Waals surface area (Å²) in [6, 6.07) is 15.3. The van der Waals surface area contributed by atoms with Gasteiger partial charge in [-0.15, -0.1) is 0 Å². The molecular formula is C21H21Cl2NO. The molecule has 2 aromatic carbocycles. The first-order valence-electron chi connectivity index (χ1n) is 8.24. The van der Waals surface area contributed by atoms with Crippen molar-refractivity contribution in [3.05, 3.63) is 87.9 Å². The van der Waals surface area contributed by atoms with Crippen molar-refractivity contribution < 1.29 is 4.79 Å². The Bertz CT molecular complexity index is 710. The average Bonchev–Trinajstić information content (AvgIpc) is 2.62. The summed E-state index contributed by atoms with van der Waals surface area (Å²) in [5.41, 5.74) is 3.04. The van der Waals surface area contributed by atoms with Gasteiger partial charge in [-0.25, -0.2) is 0 Å². The summed E-state index contributed by atoms with van der Waals surface area (Å²) in [5, 5.41) is 1.37. The molecule has 2 rings (SSSR count). The summed E-state index contributed by atoms with van der Waals surface area (Å²) >= 11 is 12.0. The molecule has 0 atom stereocenters. The Hall–Kier alpha value is -2.03. The van der Waals surface area contributed by atoms with E-state index in [9.17, 15) is 4.79 Å². The van der Waals surface area contributed by atoms with Crippen molar-refractivity contribution in [1.82, 2.24) is 4.90 Å². The van der Waals surface area contributed by atoms with Crippen LogP contribution in [0.15, 0.2) is 66.8 Å². The second-order valence-corrected chi connectivity index (χ2v) is 6.34. The van der Waals surface area contributed by atoms with Crippen molar-refractivity contribution in [3.63, 3.8) is 0 Å². The highest BCUT2D eigenvalue weighted by Gasteiger charge is 2.06. The summed E-state index contributed by atoms with van der Waals surface area (Å²) in [5.74, 6) is 0.00723. The lowest BCUT2D eigenvalue weighted by Crippen LogP contribution is -2.28. The fraction of sp³-hybridized carbons (Fsp3) is 0.190. The molecule has 0 spiro atoms. The van der Waals surface area contributed by atoms with Gasteiger partial charge in [-0.1, -0.05) is 59.6 Å². The number of carbonyl (C=O) groups excluding carboxylic acids is 1. The van der Waals surface area contributed by atoms with Crippen molar-refractivity contribution in [2.24, 2.45) is 0 Å². The van der Waals surface area contributed by atoms with Crippen LogP contribution in [0.1, 0.15) is 25.0 Å². The molecule has 130 valence electrons. The van der Waals surface area contributed by atoms with Gasteiger partial charge in [0.25, 0.3) is 0 Å². The van der Waals surface area contributed by atoms with Gasteiger partial charge in [0.1, 0.15) is 0 Å². The molecule has 0 saturated carbocycles. The van der Waals surface area contributed by atoms with E-state index in [1.165, 1.54) is 0 Å². The van der Waals surface area contributed by atoms with E-state index in [2.05, 4.69) is 0 Å². The molecule has 0 bridgehead atoms. The number of halogens is 2. The monoisotopic (exact) mass is 373 g/mol. The highest BCUT2D eigenvalue weighted by atomic mass is 35.5. The van der Waals surface area contributed by atoms with E-state index in [4.69, 9.17) is 23.2 Å². The van der Waals surface area contributed by atoms with Crippen LogP contribution < -0.4 is 0 Å². The first kappa shape index (κ1) is 19.3. The van der Waals surface area contributed by atoms with Gasteiger partial charge in [0.15, 0.2) is 0 Å². The van der Waals surface area contributed by atoms with Gasteiger partial charge in [-0.3, -0.25) is 4.79 Å². The fourth-order valence-electron chi connectivity index (χ4n) is 2.49. The van der Waals surface area contributed by atoms with Gasteiger partial charge in [-0.2, -0.15) is 0 Å². The van der Waals surface area contributed by atoms with Crippen LogP contribution in [0.4, 0.5) is 0 Å². The normalized spacial score (nSPS) is 10.7. The predicted molar refractivity (Wildman–Crippen MR) is 107 cm³/mol. The lowest BCUT2D eigenvalue weighted by Gasteiger charge is -2.15. The Balaban J connectivity index is 2.35. The Labute approximate surface area is 159 Å². The average molecular weight is 374 g/mol. The molecule has 0 aliphatic rings. The molecule has 0 aromatic heterocycles. The fourth-order valence-corrected chi connectivity index (χ4v) is 2.74. The molecule has 2 nitrogen and oxygen atoms in total. The summed E-state index contributed by atoms with van der Waals surface area (Å²) in [4.78, 5) is 13.9. The summed E-state index contributed by atoms with van der Waals surface area (Å²) in [7, 11) is 0. The third-order valence-electron chi connectivity index (χ3n) is 3.89. The van der Waals surface area contributed by atoms with Crippen LogP contribution in [-0.2, 0) is 4.79 Å². The van der Waals surface area contributed by atoms with Crippen molar-refractivity contribution in [2.45, 2.75) is 13.8 Å². The molecule has 0 saturated heterocycles. The van der Waals surface area contributed by atoms with Crippen LogP contribution in [0.5, 0.6) is 0 Å². The van der Waals surface area contributed by atoms with Gasteiger partial charge >= 0.3 is 0 Å². The lowest BCUT2D eigenvalue weighted by molar-refractivity contribution is -0.125. The Morgan fingerprint density at radius 3 is 1.72 bits per heavy atom. The van der Waals surface area contributed by atoms with E-state index in [0.29, 0.717) is 23.1 Å². The highest BCUT2D eigenvalue weighted by Crippen LogP contribution is 2.26. The molecule has 0 heterocycles. The van der Waals surface area contributed by atoms with Crippen molar-refractivity contribution in [1.29, 1.82) is 0 Å². The quantitative estimate of drug-likeness (QED) is 0.459. The van der Waals surface area contributed by atoms with Crippen LogP contribution in [0.3, 0.4) is 0 Å². The molecule has 1 amide bonds. The summed E-state index contributed by atoms with van der Waals surface area (Å²) in [6.45, 7) is 5.34. The van der Waals surface area contributed by atoms with E-state index >= 15 is 0 Å². The number of hydrogen-bond acceptors (Lipinski definition) is 1. The maximum absolute atomic E-state index is 12.1. The molecular weight excluding hydrogens is 353 g/mol. The van der Waals surface area contributed by atoms with E-state index in [-0.39, 0.29) is 5.91 Å². The standard InChI is InChI=1S/C21H21Cl2NO/c1-3-24(4-2)21(25)7-5-6-20(16-8-12-18(22)13-9-16)17-10-14-19(23)15-11-17/h5-15H,3-4H2,1-2H3/b7-5+. The second-order valence-electron chi connectivity index (χ2n) is 5.46. The molecule has 4 heteroatoms. The number of benzene rings is 2. The van der Waals surface area contributed by atoms with Crippen molar-refractivity contribution >= 4 is 34.7 Å².